The average molecular weight is 469 g/mol. The molecule has 2 nitrogen and oxygen atoms in total. The lowest BCUT2D eigenvalue weighted by atomic mass is 9.82. The zero-order valence-corrected chi connectivity index (χ0v) is 19.5. The topological polar surface area (TPSA) is 29.5 Å². The summed E-state index contributed by atoms with van der Waals surface area (Å²) in [5.74, 6) is -1.91. The maximum Gasteiger partial charge on any atom is 0.166 e. The second kappa shape index (κ2) is 11.2. The molecule has 0 spiro atoms. The minimum absolute atomic E-state index is 0.0487. The van der Waals surface area contributed by atoms with Crippen molar-refractivity contribution in [1.82, 2.24) is 0 Å². The van der Waals surface area contributed by atoms with E-state index in [1.54, 1.807) is 36.4 Å². The molecule has 0 unspecified atom stereocenters. The molecule has 0 bridgehead atoms. The Labute approximate surface area is 199 Å². The Hall–Kier alpha value is -2.63. The van der Waals surface area contributed by atoms with Crippen LogP contribution in [0.1, 0.15) is 60.8 Å². The molecular formula is C29H31F3O2. The van der Waals surface area contributed by atoms with Crippen LogP contribution in [0.3, 0.4) is 0 Å². The summed E-state index contributed by atoms with van der Waals surface area (Å²) in [5.41, 5.74) is 3.77. The number of hydrogen-bond acceptors (Lipinski definition) is 2. The molecule has 0 aromatic heterocycles. The number of benzene rings is 3. The van der Waals surface area contributed by atoms with Crippen LogP contribution in [0.4, 0.5) is 13.2 Å². The van der Waals surface area contributed by atoms with Gasteiger partial charge in [0.05, 0.1) is 12.7 Å². The van der Waals surface area contributed by atoms with Crippen LogP contribution in [0.5, 0.6) is 0 Å². The van der Waals surface area contributed by atoms with Crippen LogP contribution in [-0.2, 0) is 24.2 Å². The first-order chi connectivity index (χ1) is 16.5. The smallest absolute Gasteiger partial charge is 0.166 e. The second-order valence-electron chi connectivity index (χ2n) is 9.10. The molecule has 1 fully saturated rings. The van der Waals surface area contributed by atoms with E-state index in [0.717, 1.165) is 11.1 Å². The van der Waals surface area contributed by atoms with Crippen LogP contribution in [0.25, 0.3) is 11.1 Å². The van der Waals surface area contributed by atoms with Crippen molar-refractivity contribution < 1.29 is 23.0 Å². The van der Waals surface area contributed by atoms with E-state index in [9.17, 15) is 18.3 Å². The van der Waals surface area contributed by atoms with E-state index in [2.05, 4.69) is 0 Å². The number of aryl methyl sites for hydroxylation is 2. The van der Waals surface area contributed by atoms with Gasteiger partial charge in [0.2, 0.25) is 0 Å². The van der Waals surface area contributed by atoms with Gasteiger partial charge >= 0.3 is 0 Å². The van der Waals surface area contributed by atoms with Crippen LogP contribution in [0.15, 0.2) is 54.6 Å². The van der Waals surface area contributed by atoms with Crippen molar-refractivity contribution >= 4 is 0 Å². The molecule has 0 heterocycles. The molecule has 1 N–H and O–H groups in total. The first-order valence-corrected chi connectivity index (χ1v) is 12.1. The maximum atomic E-state index is 14.9. The zero-order valence-electron chi connectivity index (χ0n) is 19.5. The van der Waals surface area contributed by atoms with Gasteiger partial charge in [-0.15, -0.1) is 0 Å². The predicted octanol–water partition coefficient (Wildman–Crippen LogP) is 7.11. The Kier molecular flexibility index (Phi) is 8.07. The number of ether oxygens (including phenoxy) is 1. The lowest BCUT2D eigenvalue weighted by Crippen LogP contribution is -2.18. The summed E-state index contributed by atoms with van der Waals surface area (Å²) < 4.78 is 49.3. The normalized spacial score (nSPS) is 18.3. The molecule has 180 valence electrons. The van der Waals surface area contributed by atoms with Crippen molar-refractivity contribution in [2.75, 3.05) is 6.61 Å². The molecule has 0 amide bonds. The second-order valence-corrected chi connectivity index (χ2v) is 9.10. The molecule has 0 radical (unpaired) electrons. The Morgan fingerprint density at radius 3 is 2.18 bits per heavy atom. The van der Waals surface area contributed by atoms with Gasteiger partial charge in [0.15, 0.2) is 11.6 Å². The molecule has 1 saturated carbocycles. The molecule has 4 rings (SSSR count). The van der Waals surface area contributed by atoms with Crippen LogP contribution in [0, 0.1) is 17.5 Å². The minimum Gasteiger partial charge on any atom is -0.393 e. The van der Waals surface area contributed by atoms with E-state index in [1.807, 2.05) is 25.1 Å². The first-order valence-electron chi connectivity index (χ1n) is 12.1. The number of rotatable bonds is 8. The lowest BCUT2D eigenvalue weighted by Gasteiger charge is -2.26. The summed E-state index contributed by atoms with van der Waals surface area (Å²) >= 11 is 0. The molecule has 1 aliphatic carbocycles. The number of aliphatic hydroxyl groups is 1. The van der Waals surface area contributed by atoms with Crippen molar-refractivity contribution in [3.63, 3.8) is 0 Å². The zero-order chi connectivity index (χ0) is 24.1. The highest BCUT2D eigenvalue weighted by atomic mass is 19.2. The molecule has 1 aliphatic rings. The van der Waals surface area contributed by atoms with E-state index < -0.39 is 11.6 Å². The molecular weight excluding hydrogens is 437 g/mol. The van der Waals surface area contributed by atoms with Gasteiger partial charge in [-0.05, 0) is 79.7 Å². The Balaban J connectivity index is 1.41. The number of halogens is 3. The van der Waals surface area contributed by atoms with Gasteiger partial charge < -0.3 is 9.84 Å². The van der Waals surface area contributed by atoms with Gasteiger partial charge in [-0.1, -0.05) is 48.5 Å². The fourth-order valence-corrected chi connectivity index (χ4v) is 4.70. The minimum atomic E-state index is -0.820. The summed E-state index contributed by atoms with van der Waals surface area (Å²) in [6.07, 6.45) is 3.65. The number of hydrogen-bond donors (Lipinski definition) is 1. The van der Waals surface area contributed by atoms with Crippen molar-refractivity contribution in [2.45, 2.75) is 64.1 Å². The summed E-state index contributed by atoms with van der Waals surface area (Å²) in [7, 11) is 0. The van der Waals surface area contributed by atoms with Gasteiger partial charge in [-0.2, -0.15) is 0 Å². The molecule has 3 aromatic carbocycles. The first kappa shape index (κ1) is 24.5. The molecule has 0 atom stereocenters. The third kappa shape index (κ3) is 5.70. The predicted molar refractivity (Wildman–Crippen MR) is 128 cm³/mol. The molecule has 3 aromatic rings. The van der Waals surface area contributed by atoms with Crippen molar-refractivity contribution in [2.24, 2.45) is 0 Å². The molecule has 5 heteroatoms. The van der Waals surface area contributed by atoms with Gasteiger partial charge in [0.25, 0.3) is 0 Å². The third-order valence-electron chi connectivity index (χ3n) is 6.80. The largest absolute Gasteiger partial charge is 0.393 e. The van der Waals surface area contributed by atoms with Gasteiger partial charge in [0, 0.05) is 17.7 Å². The van der Waals surface area contributed by atoms with Crippen LogP contribution < -0.4 is 0 Å². The monoisotopic (exact) mass is 468 g/mol. The Morgan fingerprint density at radius 2 is 1.50 bits per heavy atom. The third-order valence-corrected chi connectivity index (χ3v) is 6.80. The van der Waals surface area contributed by atoms with Gasteiger partial charge in [-0.3, -0.25) is 0 Å². The maximum absolute atomic E-state index is 14.9. The standard InChI is InChI=1S/C29H31F3O2/c1-2-34-18-23-10-7-20(17-27(23)30)4-3-19-5-8-21(9-6-19)25-15-16-26(29(32)28(25)31)22-11-13-24(33)14-12-22/h5-10,15-17,22,24,33H,2-4,11-14,18H2,1H3. The highest BCUT2D eigenvalue weighted by Crippen LogP contribution is 2.37. The summed E-state index contributed by atoms with van der Waals surface area (Å²) in [6.45, 7) is 2.69. The van der Waals surface area contributed by atoms with Gasteiger partial charge in [-0.25, -0.2) is 13.2 Å². The molecule has 0 saturated heterocycles. The fraction of sp³-hybridized carbons (Fsp3) is 0.379. The fourth-order valence-electron chi connectivity index (χ4n) is 4.70. The average Bonchev–Trinajstić information content (AvgIpc) is 2.85. The lowest BCUT2D eigenvalue weighted by molar-refractivity contribution is 0.122. The van der Waals surface area contributed by atoms with Crippen molar-refractivity contribution in [3.05, 3.63) is 94.3 Å². The quantitative estimate of drug-likeness (QED) is 0.382. The van der Waals surface area contributed by atoms with Crippen molar-refractivity contribution in [3.8, 4) is 11.1 Å². The highest BCUT2D eigenvalue weighted by molar-refractivity contribution is 5.65. The Morgan fingerprint density at radius 1 is 0.824 bits per heavy atom. The summed E-state index contributed by atoms with van der Waals surface area (Å²) in [6, 6.07) is 16.0. The summed E-state index contributed by atoms with van der Waals surface area (Å²) in [5, 5.41) is 9.68. The van der Waals surface area contributed by atoms with E-state index in [4.69, 9.17) is 4.74 Å². The van der Waals surface area contributed by atoms with Crippen molar-refractivity contribution in [1.29, 1.82) is 0 Å². The summed E-state index contributed by atoms with van der Waals surface area (Å²) in [4.78, 5) is 0. The van der Waals surface area contributed by atoms with E-state index in [0.29, 0.717) is 61.8 Å². The molecule has 0 aliphatic heterocycles. The van der Waals surface area contributed by atoms with Crippen LogP contribution in [-0.4, -0.2) is 17.8 Å². The van der Waals surface area contributed by atoms with E-state index in [-0.39, 0.29) is 30.0 Å². The highest BCUT2D eigenvalue weighted by Gasteiger charge is 2.25. The van der Waals surface area contributed by atoms with E-state index in [1.165, 1.54) is 0 Å². The van der Waals surface area contributed by atoms with Crippen LogP contribution >= 0.6 is 0 Å². The van der Waals surface area contributed by atoms with Gasteiger partial charge in [0.1, 0.15) is 5.82 Å². The SMILES string of the molecule is CCOCc1ccc(CCc2ccc(-c3ccc(C4CCC(O)CC4)c(F)c3F)cc2)cc1F. The molecule has 34 heavy (non-hydrogen) atoms. The van der Waals surface area contributed by atoms with Crippen LogP contribution in [0.2, 0.25) is 0 Å². The Bertz CT molecular complexity index is 1100. The van der Waals surface area contributed by atoms with E-state index >= 15 is 0 Å². The number of aliphatic hydroxyl groups excluding tert-OH is 1.